The number of nitrogens with two attached hydrogens (primary N) is 1. The van der Waals surface area contributed by atoms with Gasteiger partial charge in [0.25, 0.3) is 0 Å². The maximum atomic E-state index is 11.0. The highest BCUT2D eigenvalue weighted by Crippen LogP contribution is 2.32. The summed E-state index contributed by atoms with van der Waals surface area (Å²) in [6.45, 7) is 1.32. The standard InChI is InChI=1S/C12H16N2O4/c1-7(15)14-12-8(3-2-4-10(12)16)9(13)5-6-11(17)18/h2-4,9,16H,5-6,13H2,1H3,(H,14,15)(H,17,18). The zero-order chi connectivity index (χ0) is 13.7. The van der Waals surface area contributed by atoms with Crippen LogP contribution in [0.3, 0.4) is 0 Å². The summed E-state index contributed by atoms with van der Waals surface area (Å²) in [5.41, 5.74) is 6.62. The molecular formula is C12H16N2O4. The van der Waals surface area contributed by atoms with Gasteiger partial charge in [-0.05, 0) is 18.1 Å². The predicted octanol–water partition coefficient (Wildman–Crippen LogP) is 1.22. The van der Waals surface area contributed by atoms with Gasteiger partial charge in [-0.3, -0.25) is 9.59 Å². The van der Waals surface area contributed by atoms with E-state index in [9.17, 15) is 14.7 Å². The van der Waals surface area contributed by atoms with Crippen molar-refractivity contribution in [1.29, 1.82) is 0 Å². The molecule has 18 heavy (non-hydrogen) atoms. The first-order chi connectivity index (χ1) is 8.41. The highest BCUT2D eigenvalue weighted by molar-refractivity contribution is 5.91. The summed E-state index contributed by atoms with van der Waals surface area (Å²) in [7, 11) is 0. The van der Waals surface area contributed by atoms with Gasteiger partial charge in [0, 0.05) is 19.4 Å². The summed E-state index contributed by atoms with van der Waals surface area (Å²) < 4.78 is 0. The molecule has 1 unspecified atom stereocenters. The van der Waals surface area contributed by atoms with Crippen LogP contribution in [0.2, 0.25) is 0 Å². The van der Waals surface area contributed by atoms with Crippen LogP contribution < -0.4 is 11.1 Å². The smallest absolute Gasteiger partial charge is 0.303 e. The summed E-state index contributed by atoms with van der Waals surface area (Å²) in [5, 5.41) is 20.8. The molecule has 98 valence electrons. The molecule has 0 aromatic heterocycles. The molecule has 0 radical (unpaired) electrons. The SMILES string of the molecule is CC(=O)Nc1c(O)cccc1C(N)CCC(=O)O. The number of benzene rings is 1. The molecule has 0 spiro atoms. The highest BCUT2D eigenvalue weighted by Gasteiger charge is 2.16. The Bertz CT molecular complexity index is 459. The lowest BCUT2D eigenvalue weighted by Crippen LogP contribution is -2.16. The molecule has 1 atom stereocenters. The van der Waals surface area contributed by atoms with Crippen molar-refractivity contribution in [1.82, 2.24) is 0 Å². The molecule has 0 saturated carbocycles. The molecule has 0 aliphatic rings. The number of nitrogens with one attached hydrogen (secondary N) is 1. The molecule has 0 bridgehead atoms. The fourth-order valence-corrected chi connectivity index (χ4v) is 1.61. The number of carbonyl (C=O) groups excluding carboxylic acids is 1. The molecule has 1 amide bonds. The van der Waals surface area contributed by atoms with Crippen molar-refractivity contribution in [3.63, 3.8) is 0 Å². The second-order valence-corrected chi connectivity index (χ2v) is 3.96. The summed E-state index contributed by atoms with van der Waals surface area (Å²) in [4.78, 5) is 21.5. The Morgan fingerprint density at radius 1 is 1.44 bits per heavy atom. The molecule has 1 aromatic rings. The van der Waals surface area contributed by atoms with Crippen molar-refractivity contribution in [2.75, 3.05) is 5.32 Å². The van der Waals surface area contributed by atoms with E-state index in [2.05, 4.69) is 5.32 Å². The molecular weight excluding hydrogens is 236 g/mol. The number of hydrogen-bond acceptors (Lipinski definition) is 4. The molecule has 5 N–H and O–H groups in total. The number of rotatable bonds is 5. The third kappa shape index (κ3) is 3.74. The number of para-hydroxylation sites is 1. The third-order valence-electron chi connectivity index (χ3n) is 2.44. The van der Waals surface area contributed by atoms with Crippen LogP contribution in [0.5, 0.6) is 5.75 Å². The van der Waals surface area contributed by atoms with Gasteiger partial charge in [0.2, 0.25) is 5.91 Å². The Kier molecular flexibility index (Phi) is 4.67. The van der Waals surface area contributed by atoms with Crippen LogP contribution in [-0.2, 0) is 9.59 Å². The van der Waals surface area contributed by atoms with E-state index in [-0.39, 0.29) is 30.2 Å². The average Bonchev–Trinajstić information content (AvgIpc) is 2.28. The van der Waals surface area contributed by atoms with Crippen LogP contribution in [-0.4, -0.2) is 22.1 Å². The summed E-state index contributed by atoms with van der Waals surface area (Å²) in [6.07, 6.45) is 0.154. The van der Waals surface area contributed by atoms with Gasteiger partial charge < -0.3 is 21.3 Å². The zero-order valence-corrected chi connectivity index (χ0v) is 10.0. The second-order valence-electron chi connectivity index (χ2n) is 3.96. The van der Waals surface area contributed by atoms with Gasteiger partial charge in [-0.25, -0.2) is 0 Å². The summed E-state index contributed by atoms with van der Waals surface area (Å²) in [5.74, 6) is -1.36. The monoisotopic (exact) mass is 252 g/mol. The van der Waals surface area contributed by atoms with Crippen LogP contribution in [0.25, 0.3) is 0 Å². The number of aliphatic carboxylic acids is 1. The van der Waals surface area contributed by atoms with E-state index in [4.69, 9.17) is 10.8 Å². The number of carboxylic acids is 1. The lowest BCUT2D eigenvalue weighted by Gasteiger charge is -2.17. The van der Waals surface area contributed by atoms with E-state index in [1.165, 1.54) is 13.0 Å². The first kappa shape index (κ1) is 14.0. The Labute approximate surface area is 104 Å². The van der Waals surface area contributed by atoms with Crippen molar-refractivity contribution in [3.05, 3.63) is 23.8 Å². The topological polar surface area (TPSA) is 113 Å². The van der Waals surface area contributed by atoms with E-state index in [0.29, 0.717) is 5.56 Å². The van der Waals surface area contributed by atoms with E-state index in [0.717, 1.165) is 0 Å². The van der Waals surface area contributed by atoms with Gasteiger partial charge in [-0.2, -0.15) is 0 Å². The zero-order valence-electron chi connectivity index (χ0n) is 10.0. The van der Waals surface area contributed by atoms with Crippen LogP contribution in [0.15, 0.2) is 18.2 Å². The van der Waals surface area contributed by atoms with Gasteiger partial charge in [0.05, 0.1) is 5.69 Å². The first-order valence-electron chi connectivity index (χ1n) is 5.48. The largest absolute Gasteiger partial charge is 0.506 e. The maximum Gasteiger partial charge on any atom is 0.303 e. The lowest BCUT2D eigenvalue weighted by molar-refractivity contribution is -0.137. The van der Waals surface area contributed by atoms with Crippen molar-refractivity contribution in [2.45, 2.75) is 25.8 Å². The Morgan fingerprint density at radius 2 is 2.11 bits per heavy atom. The summed E-state index contributed by atoms with van der Waals surface area (Å²) >= 11 is 0. The van der Waals surface area contributed by atoms with Gasteiger partial charge in [-0.1, -0.05) is 12.1 Å². The number of phenolic OH excluding ortho intramolecular Hbond substituents is 1. The number of carbonyl (C=O) groups is 2. The van der Waals surface area contributed by atoms with E-state index in [1.54, 1.807) is 12.1 Å². The fraction of sp³-hybridized carbons (Fsp3) is 0.333. The first-order valence-corrected chi connectivity index (χ1v) is 5.48. The maximum absolute atomic E-state index is 11.0. The van der Waals surface area contributed by atoms with Crippen LogP contribution in [0, 0.1) is 0 Å². The number of anilines is 1. The number of amides is 1. The third-order valence-corrected chi connectivity index (χ3v) is 2.44. The number of phenols is 1. The van der Waals surface area contributed by atoms with Crippen molar-refractivity contribution in [3.8, 4) is 5.75 Å². The molecule has 1 rings (SSSR count). The molecule has 0 heterocycles. The summed E-state index contributed by atoms with van der Waals surface area (Å²) in [6, 6.07) is 4.11. The molecule has 0 saturated heterocycles. The molecule has 0 aliphatic carbocycles. The number of hydrogen-bond donors (Lipinski definition) is 4. The Balaban J connectivity index is 2.96. The lowest BCUT2D eigenvalue weighted by atomic mass is 10.0. The quantitative estimate of drug-likeness (QED) is 0.588. The highest BCUT2D eigenvalue weighted by atomic mass is 16.4. The van der Waals surface area contributed by atoms with Gasteiger partial charge in [-0.15, -0.1) is 0 Å². The normalized spacial score (nSPS) is 11.9. The Hall–Kier alpha value is -2.08. The fourth-order valence-electron chi connectivity index (χ4n) is 1.61. The minimum Gasteiger partial charge on any atom is -0.506 e. The van der Waals surface area contributed by atoms with Crippen molar-refractivity contribution in [2.24, 2.45) is 5.73 Å². The molecule has 0 aliphatic heterocycles. The average molecular weight is 252 g/mol. The van der Waals surface area contributed by atoms with E-state index >= 15 is 0 Å². The van der Waals surface area contributed by atoms with E-state index < -0.39 is 12.0 Å². The predicted molar refractivity (Wildman–Crippen MR) is 66.2 cm³/mol. The molecule has 6 nitrogen and oxygen atoms in total. The van der Waals surface area contributed by atoms with Gasteiger partial charge in [0.1, 0.15) is 5.75 Å². The van der Waals surface area contributed by atoms with Crippen LogP contribution in [0.1, 0.15) is 31.4 Å². The molecule has 6 heteroatoms. The van der Waals surface area contributed by atoms with Crippen LogP contribution >= 0.6 is 0 Å². The second kappa shape index (κ2) is 6.02. The van der Waals surface area contributed by atoms with Crippen molar-refractivity contribution >= 4 is 17.6 Å². The molecule has 0 fully saturated rings. The minimum absolute atomic E-state index is 0.0731. The number of aromatic hydroxyl groups is 1. The number of carboxylic acid groups (broad SMARTS) is 1. The van der Waals surface area contributed by atoms with E-state index in [1.807, 2.05) is 0 Å². The Morgan fingerprint density at radius 3 is 2.67 bits per heavy atom. The van der Waals surface area contributed by atoms with Crippen molar-refractivity contribution < 1.29 is 19.8 Å². The molecule has 1 aromatic carbocycles. The van der Waals surface area contributed by atoms with Gasteiger partial charge in [0.15, 0.2) is 0 Å². The van der Waals surface area contributed by atoms with Crippen LogP contribution in [0.4, 0.5) is 5.69 Å². The minimum atomic E-state index is -0.938. The van der Waals surface area contributed by atoms with Gasteiger partial charge >= 0.3 is 5.97 Å².